The van der Waals surface area contributed by atoms with E-state index in [-0.39, 0.29) is 11.3 Å². The van der Waals surface area contributed by atoms with Crippen LogP contribution in [0.1, 0.15) is 0 Å². The Morgan fingerprint density at radius 3 is 2.40 bits per heavy atom. The first-order valence-corrected chi connectivity index (χ1v) is 9.03. The molecule has 0 aliphatic rings. The third kappa shape index (κ3) is 4.27. The van der Waals surface area contributed by atoms with Gasteiger partial charge in [0.2, 0.25) is 0 Å². The molecule has 0 fully saturated rings. The molecule has 1 N–H and O–H groups in total. The number of ether oxygens (including phenoxy) is 1. The van der Waals surface area contributed by atoms with Crippen LogP contribution in [0.15, 0.2) is 83.9 Å². The lowest BCUT2D eigenvalue weighted by Gasteiger charge is -2.11. The van der Waals surface area contributed by atoms with Gasteiger partial charge in [-0.3, -0.25) is 4.79 Å². The molecule has 2 heterocycles. The van der Waals surface area contributed by atoms with E-state index < -0.39 is 12.8 Å². The summed E-state index contributed by atoms with van der Waals surface area (Å²) in [6.45, 7) is -1.35. The Hall–Kier alpha value is -3.81. The lowest BCUT2D eigenvalue weighted by atomic mass is 10.0. The largest absolute Gasteiger partial charge is 0.484 e. The maximum absolute atomic E-state index is 12.5. The van der Waals surface area contributed by atoms with Crippen LogP contribution < -0.4 is 10.3 Å². The molecule has 2 aromatic heterocycles. The van der Waals surface area contributed by atoms with E-state index in [9.17, 15) is 18.0 Å². The molecule has 0 saturated heterocycles. The van der Waals surface area contributed by atoms with Crippen LogP contribution in [0.5, 0.6) is 5.75 Å². The van der Waals surface area contributed by atoms with E-state index >= 15 is 0 Å². The molecule has 0 bridgehead atoms. The number of para-hydroxylation sites is 1. The zero-order chi connectivity index (χ0) is 21.1. The molecule has 2 aromatic carbocycles. The fourth-order valence-corrected chi connectivity index (χ4v) is 3.03. The average molecular weight is 411 g/mol. The summed E-state index contributed by atoms with van der Waals surface area (Å²) in [6.07, 6.45) is -1.23. The number of halogens is 3. The number of alkyl halides is 3. The van der Waals surface area contributed by atoms with Crippen molar-refractivity contribution in [3.8, 4) is 33.8 Å². The SMILES string of the molecule is O=c1[nH]cc(-c2ccc(OCC(F)(F)F)cc2)cc1-c1ccnn1-c1ccccc1. The van der Waals surface area contributed by atoms with Gasteiger partial charge in [-0.15, -0.1) is 0 Å². The molecular formula is C22H16F3N3O2. The van der Waals surface area contributed by atoms with E-state index in [1.54, 1.807) is 41.3 Å². The number of pyridine rings is 1. The topological polar surface area (TPSA) is 59.9 Å². The van der Waals surface area contributed by atoms with Crippen LogP contribution in [0.3, 0.4) is 0 Å². The fraction of sp³-hybridized carbons (Fsp3) is 0.0909. The summed E-state index contributed by atoms with van der Waals surface area (Å²) in [5, 5.41) is 4.31. The molecule has 4 rings (SSSR count). The van der Waals surface area contributed by atoms with Crippen LogP contribution in [0.2, 0.25) is 0 Å². The summed E-state index contributed by atoms with van der Waals surface area (Å²) in [6, 6.07) is 19.1. The minimum atomic E-state index is -4.39. The molecule has 0 atom stereocenters. The van der Waals surface area contributed by atoms with Crippen LogP contribution in [-0.2, 0) is 0 Å². The van der Waals surface area contributed by atoms with Crippen molar-refractivity contribution in [3.63, 3.8) is 0 Å². The normalized spacial score (nSPS) is 11.4. The van der Waals surface area contributed by atoms with Crippen molar-refractivity contribution in [2.45, 2.75) is 6.18 Å². The molecule has 0 unspecified atom stereocenters. The van der Waals surface area contributed by atoms with Crippen molar-refractivity contribution in [2.75, 3.05) is 6.61 Å². The number of aromatic nitrogens is 3. The Labute approximate surface area is 169 Å². The molecule has 5 nitrogen and oxygen atoms in total. The Balaban J connectivity index is 1.66. The number of nitrogens with one attached hydrogen (secondary N) is 1. The van der Waals surface area contributed by atoms with Crippen LogP contribution in [0.4, 0.5) is 13.2 Å². The predicted molar refractivity (Wildman–Crippen MR) is 107 cm³/mol. The minimum absolute atomic E-state index is 0.114. The molecule has 0 radical (unpaired) electrons. The van der Waals surface area contributed by atoms with Gasteiger partial charge in [0, 0.05) is 6.20 Å². The summed E-state index contributed by atoms with van der Waals surface area (Å²) in [7, 11) is 0. The Morgan fingerprint density at radius 2 is 1.70 bits per heavy atom. The molecule has 0 amide bonds. The third-order valence-corrected chi connectivity index (χ3v) is 4.41. The third-order valence-electron chi connectivity index (χ3n) is 4.41. The molecule has 30 heavy (non-hydrogen) atoms. The Bertz CT molecular complexity index is 1200. The quantitative estimate of drug-likeness (QED) is 0.512. The summed E-state index contributed by atoms with van der Waals surface area (Å²) in [5.74, 6) is 0.114. The van der Waals surface area contributed by atoms with Crippen molar-refractivity contribution in [1.29, 1.82) is 0 Å². The van der Waals surface area contributed by atoms with Crippen molar-refractivity contribution < 1.29 is 17.9 Å². The first-order chi connectivity index (χ1) is 14.4. The van der Waals surface area contributed by atoms with Crippen molar-refractivity contribution in [2.24, 2.45) is 0 Å². The highest BCUT2D eigenvalue weighted by Gasteiger charge is 2.28. The van der Waals surface area contributed by atoms with Gasteiger partial charge >= 0.3 is 6.18 Å². The number of hydrogen-bond donors (Lipinski definition) is 1. The smallest absolute Gasteiger partial charge is 0.422 e. The second-order valence-electron chi connectivity index (χ2n) is 6.52. The molecule has 8 heteroatoms. The molecule has 0 saturated carbocycles. The van der Waals surface area contributed by atoms with E-state index in [0.29, 0.717) is 16.8 Å². The first kappa shape index (κ1) is 19.5. The van der Waals surface area contributed by atoms with Gasteiger partial charge in [-0.2, -0.15) is 18.3 Å². The van der Waals surface area contributed by atoms with E-state index in [1.165, 1.54) is 12.1 Å². The zero-order valence-electron chi connectivity index (χ0n) is 15.6. The van der Waals surface area contributed by atoms with Crippen molar-refractivity contribution in [3.05, 3.63) is 89.5 Å². The van der Waals surface area contributed by atoms with Gasteiger partial charge < -0.3 is 9.72 Å². The minimum Gasteiger partial charge on any atom is -0.484 e. The van der Waals surface area contributed by atoms with E-state index in [0.717, 1.165) is 11.3 Å². The number of nitrogens with zero attached hydrogens (tertiary/aromatic N) is 2. The molecular weight excluding hydrogens is 395 g/mol. The monoisotopic (exact) mass is 411 g/mol. The average Bonchev–Trinajstić information content (AvgIpc) is 3.23. The van der Waals surface area contributed by atoms with E-state index in [1.807, 2.05) is 30.3 Å². The fourth-order valence-electron chi connectivity index (χ4n) is 3.03. The molecule has 0 aliphatic heterocycles. The molecule has 0 aliphatic carbocycles. The lowest BCUT2D eigenvalue weighted by Crippen LogP contribution is -2.19. The highest BCUT2D eigenvalue weighted by Crippen LogP contribution is 2.27. The maximum Gasteiger partial charge on any atom is 0.422 e. The van der Waals surface area contributed by atoms with Crippen LogP contribution in [0.25, 0.3) is 28.1 Å². The van der Waals surface area contributed by atoms with Gasteiger partial charge in [0.05, 0.1) is 23.1 Å². The first-order valence-electron chi connectivity index (χ1n) is 9.03. The summed E-state index contributed by atoms with van der Waals surface area (Å²) < 4.78 is 43.3. The standard InChI is InChI=1S/C22H16F3N3O2/c23-22(24,25)14-30-18-8-6-15(7-9-18)16-12-19(21(29)26-13-16)20-10-11-27-28(20)17-4-2-1-3-5-17/h1-13H,14H2,(H,26,29). The highest BCUT2D eigenvalue weighted by atomic mass is 19.4. The van der Waals surface area contributed by atoms with Gasteiger partial charge in [0.25, 0.3) is 5.56 Å². The van der Waals surface area contributed by atoms with Crippen LogP contribution in [-0.4, -0.2) is 27.5 Å². The van der Waals surface area contributed by atoms with Crippen LogP contribution in [0, 0.1) is 0 Å². The van der Waals surface area contributed by atoms with E-state index in [4.69, 9.17) is 4.74 Å². The van der Waals surface area contributed by atoms with Crippen molar-refractivity contribution >= 4 is 0 Å². The van der Waals surface area contributed by atoms with Gasteiger partial charge in [-0.25, -0.2) is 4.68 Å². The zero-order valence-corrected chi connectivity index (χ0v) is 15.6. The van der Waals surface area contributed by atoms with Gasteiger partial charge in [0.1, 0.15) is 5.75 Å². The second kappa shape index (κ2) is 7.90. The lowest BCUT2D eigenvalue weighted by molar-refractivity contribution is -0.153. The van der Waals surface area contributed by atoms with Gasteiger partial charge in [0.15, 0.2) is 6.61 Å². The second-order valence-corrected chi connectivity index (χ2v) is 6.52. The Morgan fingerprint density at radius 1 is 0.967 bits per heavy atom. The molecule has 4 aromatic rings. The number of hydrogen-bond acceptors (Lipinski definition) is 3. The van der Waals surface area contributed by atoms with Crippen LogP contribution >= 0.6 is 0 Å². The summed E-state index contributed by atoms with van der Waals surface area (Å²) in [4.78, 5) is 15.2. The number of H-pyrrole nitrogens is 1. The molecule has 0 spiro atoms. The maximum atomic E-state index is 12.5. The predicted octanol–water partition coefficient (Wildman–Crippen LogP) is 4.84. The number of benzene rings is 2. The summed E-state index contributed by atoms with van der Waals surface area (Å²) >= 11 is 0. The van der Waals surface area contributed by atoms with Gasteiger partial charge in [-0.05, 0) is 47.5 Å². The summed E-state index contributed by atoms with van der Waals surface area (Å²) in [5.41, 5.74) is 3.00. The van der Waals surface area contributed by atoms with E-state index in [2.05, 4.69) is 10.1 Å². The highest BCUT2D eigenvalue weighted by molar-refractivity contribution is 5.71. The number of rotatable bonds is 5. The molecule has 152 valence electrons. The van der Waals surface area contributed by atoms with Gasteiger partial charge in [-0.1, -0.05) is 30.3 Å². The Kier molecular flexibility index (Phi) is 5.14. The number of aromatic amines is 1. The van der Waals surface area contributed by atoms with Crippen molar-refractivity contribution in [1.82, 2.24) is 14.8 Å².